The maximum atomic E-state index is 13.7. The van der Waals surface area contributed by atoms with E-state index in [0.717, 1.165) is 12.1 Å². The number of aromatic nitrogens is 1. The van der Waals surface area contributed by atoms with Crippen LogP contribution in [0.2, 0.25) is 0 Å². The molecule has 2 aromatic rings. The Morgan fingerprint density at radius 2 is 2.05 bits per heavy atom. The van der Waals surface area contributed by atoms with Gasteiger partial charge >= 0.3 is 0 Å². The number of benzene rings is 1. The lowest BCUT2D eigenvalue weighted by Crippen LogP contribution is -2.23. The predicted molar refractivity (Wildman–Crippen MR) is 68.2 cm³/mol. The highest BCUT2D eigenvalue weighted by atomic mass is 19.1. The zero-order valence-electron chi connectivity index (χ0n) is 10.7. The van der Waals surface area contributed by atoms with E-state index in [-0.39, 0.29) is 17.8 Å². The Morgan fingerprint density at radius 3 is 2.60 bits per heavy atom. The van der Waals surface area contributed by atoms with Crippen molar-refractivity contribution in [1.29, 1.82) is 0 Å². The second-order valence-corrected chi connectivity index (χ2v) is 4.01. The Balaban J connectivity index is 2.10. The Hall–Kier alpha value is -2.44. The Labute approximate surface area is 114 Å². The number of anilines is 1. The molecule has 106 valence electrons. The summed E-state index contributed by atoms with van der Waals surface area (Å²) in [6, 6.07) is 3.54. The van der Waals surface area contributed by atoms with Gasteiger partial charge in [0.25, 0.3) is 5.91 Å². The van der Waals surface area contributed by atoms with Crippen molar-refractivity contribution in [3.63, 3.8) is 0 Å². The van der Waals surface area contributed by atoms with Gasteiger partial charge in [0.2, 0.25) is 0 Å². The van der Waals surface area contributed by atoms with Crippen LogP contribution < -0.4 is 10.6 Å². The molecule has 0 saturated heterocycles. The summed E-state index contributed by atoms with van der Waals surface area (Å²) in [6.07, 6.45) is 1.44. The zero-order valence-corrected chi connectivity index (χ0v) is 10.7. The minimum atomic E-state index is -0.809. The molecule has 5 nitrogen and oxygen atoms in total. The summed E-state index contributed by atoms with van der Waals surface area (Å²) in [7, 11) is 0. The van der Waals surface area contributed by atoms with E-state index in [1.54, 1.807) is 13.0 Å². The van der Waals surface area contributed by atoms with Crippen LogP contribution in [-0.4, -0.2) is 17.6 Å². The lowest BCUT2D eigenvalue weighted by atomic mass is 10.1. The molecule has 0 spiro atoms. The van der Waals surface area contributed by atoms with Gasteiger partial charge in [0.15, 0.2) is 5.76 Å². The summed E-state index contributed by atoms with van der Waals surface area (Å²) in [6.45, 7) is 2.19. The van der Waals surface area contributed by atoms with E-state index < -0.39 is 17.5 Å². The number of amides is 1. The fourth-order valence-electron chi connectivity index (χ4n) is 1.65. The number of nitrogens with one attached hydrogen (secondary N) is 2. The van der Waals surface area contributed by atoms with E-state index in [4.69, 9.17) is 4.52 Å². The molecule has 0 aliphatic carbocycles. The van der Waals surface area contributed by atoms with Gasteiger partial charge in [-0.2, -0.15) is 0 Å². The second kappa shape index (κ2) is 6.14. The Bertz CT molecular complexity index is 577. The second-order valence-electron chi connectivity index (χ2n) is 4.01. The molecule has 0 radical (unpaired) electrons. The standard InChI is InChI=1S/C13H13F2N3O2/c1-2-16-12-10(14)5-8(6-11(12)15)13(19)17-7-9-3-4-18-20-9/h3-6,16H,2,7H2,1H3,(H,17,19). The van der Waals surface area contributed by atoms with Gasteiger partial charge in [0, 0.05) is 18.2 Å². The first kappa shape index (κ1) is 14.0. The van der Waals surface area contributed by atoms with Crippen molar-refractivity contribution in [2.75, 3.05) is 11.9 Å². The van der Waals surface area contributed by atoms with E-state index in [2.05, 4.69) is 15.8 Å². The summed E-state index contributed by atoms with van der Waals surface area (Å²) < 4.78 is 32.1. The third-order valence-electron chi connectivity index (χ3n) is 2.57. The number of hydrogen-bond donors (Lipinski definition) is 2. The molecule has 1 aromatic heterocycles. The molecule has 20 heavy (non-hydrogen) atoms. The number of nitrogens with zero attached hydrogens (tertiary/aromatic N) is 1. The maximum absolute atomic E-state index is 13.7. The lowest BCUT2D eigenvalue weighted by Gasteiger charge is -2.09. The van der Waals surface area contributed by atoms with Crippen molar-refractivity contribution in [3.05, 3.63) is 47.4 Å². The van der Waals surface area contributed by atoms with Crippen molar-refractivity contribution in [3.8, 4) is 0 Å². The van der Waals surface area contributed by atoms with Gasteiger partial charge in [-0.1, -0.05) is 5.16 Å². The normalized spacial score (nSPS) is 10.3. The van der Waals surface area contributed by atoms with Gasteiger partial charge in [-0.15, -0.1) is 0 Å². The first-order valence-corrected chi connectivity index (χ1v) is 6.02. The fourth-order valence-corrected chi connectivity index (χ4v) is 1.65. The molecule has 0 saturated carbocycles. The first-order valence-electron chi connectivity index (χ1n) is 6.02. The van der Waals surface area contributed by atoms with Gasteiger partial charge in [-0.25, -0.2) is 8.78 Å². The Kier molecular flexibility index (Phi) is 4.29. The molecule has 1 amide bonds. The minimum absolute atomic E-state index is 0.0943. The quantitative estimate of drug-likeness (QED) is 0.882. The molecule has 0 fully saturated rings. The lowest BCUT2D eigenvalue weighted by molar-refractivity contribution is 0.0946. The monoisotopic (exact) mass is 281 g/mol. The zero-order chi connectivity index (χ0) is 14.5. The van der Waals surface area contributed by atoms with Crippen LogP contribution >= 0.6 is 0 Å². The third-order valence-corrected chi connectivity index (χ3v) is 2.57. The predicted octanol–water partition coefficient (Wildman–Crippen LogP) is 2.31. The Morgan fingerprint density at radius 1 is 1.35 bits per heavy atom. The molecule has 0 aliphatic heterocycles. The van der Waals surface area contributed by atoms with Crippen molar-refractivity contribution in [1.82, 2.24) is 10.5 Å². The van der Waals surface area contributed by atoms with Gasteiger partial charge in [-0.3, -0.25) is 4.79 Å². The van der Waals surface area contributed by atoms with Crippen molar-refractivity contribution < 1.29 is 18.1 Å². The van der Waals surface area contributed by atoms with E-state index in [1.807, 2.05) is 0 Å². The average molecular weight is 281 g/mol. The molecule has 2 N–H and O–H groups in total. The van der Waals surface area contributed by atoms with Crippen LogP contribution in [-0.2, 0) is 6.54 Å². The van der Waals surface area contributed by atoms with Crippen molar-refractivity contribution in [2.24, 2.45) is 0 Å². The molecule has 2 rings (SSSR count). The molecule has 0 unspecified atom stereocenters. The minimum Gasteiger partial charge on any atom is -0.381 e. The van der Waals surface area contributed by atoms with Crippen LogP contribution in [0.3, 0.4) is 0 Å². The van der Waals surface area contributed by atoms with Gasteiger partial charge in [-0.05, 0) is 19.1 Å². The molecule has 0 atom stereocenters. The summed E-state index contributed by atoms with van der Waals surface area (Å²) in [5, 5.41) is 8.52. The number of carbonyl (C=O) groups excluding carboxylic acids is 1. The highest BCUT2D eigenvalue weighted by molar-refractivity contribution is 5.94. The van der Waals surface area contributed by atoms with Crippen LogP contribution in [0.1, 0.15) is 23.0 Å². The molecule has 7 heteroatoms. The number of halogens is 2. The van der Waals surface area contributed by atoms with Crippen LogP contribution in [0, 0.1) is 11.6 Å². The summed E-state index contributed by atoms with van der Waals surface area (Å²) in [5.41, 5.74) is -0.333. The van der Waals surface area contributed by atoms with Gasteiger partial charge < -0.3 is 15.2 Å². The summed E-state index contributed by atoms with van der Waals surface area (Å²) in [4.78, 5) is 11.8. The summed E-state index contributed by atoms with van der Waals surface area (Å²) in [5.74, 6) is -1.76. The number of carbonyl (C=O) groups is 1. The number of hydrogen-bond acceptors (Lipinski definition) is 4. The average Bonchev–Trinajstić information content (AvgIpc) is 2.93. The largest absolute Gasteiger partial charge is 0.381 e. The fraction of sp³-hybridized carbons (Fsp3) is 0.231. The third kappa shape index (κ3) is 3.11. The molecular formula is C13H13F2N3O2. The van der Waals surface area contributed by atoms with Crippen LogP contribution in [0.25, 0.3) is 0 Å². The molecule has 0 bridgehead atoms. The van der Waals surface area contributed by atoms with Crippen molar-refractivity contribution >= 4 is 11.6 Å². The number of rotatable bonds is 5. The SMILES string of the molecule is CCNc1c(F)cc(C(=O)NCc2ccno2)cc1F. The first-order chi connectivity index (χ1) is 9.61. The highest BCUT2D eigenvalue weighted by Crippen LogP contribution is 2.20. The van der Waals surface area contributed by atoms with Gasteiger partial charge in [0.05, 0.1) is 12.7 Å². The molecule has 1 aromatic carbocycles. The molecular weight excluding hydrogens is 268 g/mol. The van der Waals surface area contributed by atoms with Crippen LogP contribution in [0.4, 0.5) is 14.5 Å². The maximum Gasteiger partial charge on any atom is 0.251 e. The highest BCUT2D eigenvalue weighted by Gasteiger charge is 2.14. The topological polar surface area (TPSA) is 67.2 Å². The van der Waals surface area contributed by atoms with E-state index in [1.165, 1.54) is 6.20 Å². The van der Waals surface area contributed by atoms with Crippen molar-refractivity contribution in [2.45, 2.75) is 13.5 Å². The van der Waals surface area contributed by atoms with E-state index in [0.29, 0.717) is 12.3 Å². The van der Waals surface area contributed by atoms with E-state index in [9.17, 15) is 13.6 Å². The van der Waals surface area contributed by atoms with Crippen LogP contribution in [0.15, 0.2) is 28.9 Å². The van der Waals surface area contributed by atoms with Crippen LogP contribution in [0.5, 0.6) is 0 Å². The summed E-state index contributed by atoms with van der Waals surface area (Å²) >= 11 is 0. The smallest absolute Gasteiger partial charge is 0.251 e. The molecule has 0 aliphatic rings. The van der Waals surface area contributed by atoms with E-state index >= 15 is 0 Å². The molecule has 1 heterocycles. The van der Waals surface area contributed by atoms with Gasteiger partial charge in [0.1, 0.15) is 17.3 Å².